The maximum Gasteiger partial charge on any atom is 0.410 e. The molecule has 1 saturated carbocycles. The Hall–Kier alpha value is -1.50. The van der Waals surface area contributed by atoms with Crippen LogP contribution >= 0.6 is 0 Å². The Bertz CT molecular complexity index is 458. The van der Waals surface area contributed by atoms with Crippen molar-refractivity contribution in [1.82, 2.24) is 15.1 Å². The van der Waals surface area contributed by atoms with E-state index < -0.39 is 5.60 Å². The van der Waals surface area contributed by atoms with Gasteiger partial charge in [-0.05, 0) is 45.4 Å². The van der Waals surface area contributed by atoms with Crippen LogP contribution in [0.5, 0.6) is 0 Å². The van der Waals surface area contributed by atoms with Crippen LogP contribution in [0.15, 0.2) is 4.99 Å². The van der Waals surface area contributed by atoms with Crippen molar-refractivity contribution in [2.45, 2.75) is 46.1 Å². The lowest BCUT2D eigenvalue weighted by molar-refractivity contribution is 0.0277. The summed E-state index contributed by atoms with van der Waals surface area (Å²) >= 11 is 0. The molecule has 0 bridgehead atoms. The second-order valence-corrected chi connectivity index (χ2v) is 8.33. The van der Waals surface area contributed by atoms with E-state index in [4.69, 9.17) is 9.47 Å². The first-order valence-corrected chi connectivity index (χ1v) is 9.56. The van der Waals surface area contributed by atoms with Gasteiger partial charge < -0.3 is 24.6 Å². The van der Waals surface area contributed by atoms with Crippen LogP contribution in [-0.2, 0) is 9.47 Å². The lowest BCUT2D eigenvalue weighted by Crippen LogP contribution is -2.44. The molecule has 1 unspecified atom stereocenters. The van der Waals surface area contributed by atoms with Crippen molar-refractivity contribution in [2.24, 2.45) is 16.8 Å². The first-order valence-electron chi connectivity index (χ1n) is 9.56. The zero-order chi connectivity index (χ0) is 19.7. The highest BCUT2D eigenvalue weighted by Crippen LogP contribution is 2.28. The lowest BCUT2D eigenvalue weighted by Gasteiger charge is -2.27. The number of guanidine groups is 1. The lowest BCUT2D eigenvalue weighted by atomic mass is 10.1. The molecule has 0 heterocycles. The number of likely N-dealkylation sites (N-methyl/N-ethyl adjacent to an activating group) is 1. The normalized spacial score (nSPS) is 16.2. The third kappa shape index (κ3) is 9.85. The molecule has 1 fully saturated rings. The maximum atomic E-state index is 12.0. The van der Waals surface area contributed by atoms with Gasteiger partial charge in [-0.2, -0.15) is 0 Å². The summed E-state index contributed by atoms with van der Waals surface area (Å²) in [6.45, 7) is 11.5. The largest absolute Gasteiger partial charge is 0.444 e. The van der Waals surface area contributed by atoms with Crippen LogP contribution in [0, 0.1) is 11.8 Å². The number of rotatable bonds is 9. The summed E-state index contributed by atoms with van der Waals surface area (Å²) in [4.78, 5) is 20.0. The van der Waals surface area contributed by atoms with Gasteiger partial charge in [0.1, 0.15) is 5.60 Å². The van der Waals surface area contributed by atoms with Gasteiger partial charge in [0.15, 0.2) is 5.96 Å². The van der Waals surface area contributed by atoms with Crippen molar-refractivity contribution in [3.63, 3.8) is 0 Å². The minimum Gasteiger partial charge on any atom is -0.444 e. The first-order chi connectivity index (χ1) is 12.1. The van der Waals surface area contributed by atoms with Crippen LogP contribution in [0.4, 0.5) is 4.79 Å². The van der Waals surface area contributed by atoms with E-state index in [1.54, 1.807) is 19.0 Å². The maximum absolute atomic E-state index is 12.0. The van der Waals surface area contributed by atoms with E-state index in [1.165, 1.54) is 12.8 Å². The molecule has 0 spiro atoms. The molecule has 26 heavy (non-hydrogen) atoms. The van der Waals surface area contributed by atoms with Crippen molar-refractivity contribution < 1.29 is 14.3 Å². The second kappa shape index (κ2) is 10.6. The summed E-state index contributed by atoms with van der Waals surface area (Å²) in [5.74, 6) is 1.90. The van der Waals surface area contributed by atoms with Crippen molar-refractivity contribution >= 4 is 12.1 Å². The fraction of sp³-hybridized carbons (Fsp3) is 0.895. The Morgan fingerprint density at radius 1 is 1.27 bits per heavy atom. The molecular formula is C19H38N4O3. The average Bonchev–Trinajstić information content (AvgIpc) is 3.34. The van der Waals surface area contributed by atoms with E-state index in [1.807, 2.05) is 27.8 Å². The number of hydrogen-bond donors (Lipinski definition) is 1. The average molecular weight is 371 g/mol. The summed E-state index contributed by atoms with van der Waals surface area (Å²) in [5.41, 5.74) is -0.473. The van der Waals surface area contributed by atoms with E-state index in [0.29, 0.717) is 13.2 Å². The predicted molar refractivity (Wildman–Crippen MR) is 106 cm³/mol. The van der Waals surface area contributed by atoms with Gasteiger partial charge in [0.05, 0.1) is 6.61 Å². The van der Waals surface area contributed by atoms with E-state index in [9.17, 15) is 4.79 Å². The van der Waals surface area contributed by atoms with Gasteiger partial charge in [0, 0.05) is 47.4 Å². The Labute approximate surface area is 159 Å². The predicted octanol–water partition coefficient (Wildman–Crippen LogP) is 2.42. The van der Waals surface area contributed by atoms with Gasteiger partial charge >= 0.3 is 6.09 Å². The Balaban J connectivity index is 2.26. The number of ether oxygens (including phenoxy) is 2. The monoisotopic (exact) mass is 370 g/mol. The van der Waals surface area contributed by atoms with E-state index in [-0.39, 0.29) is 12.0 Å². The highest BCUT2D eigenvalue weighted by atomic mass is 16.6. The van der Waals surface area contributed by atoms with Gasteiger partial charge in [-0.1, -0.05) is 6.92 Å². The van der Waals surface area contributed by atoms with Gasteiger partial charge in [0.2, 0.25) is 0 Å². The quantitative estimate of drug-likeness (QED) is 0.384. The Morgan fingerprint density at radius 2 is 1.92 bits per heavy atom. The molecule has 7 nitrogen and oxygen atoms in total. The summed E-state index contributed by atoms with van der Waals surface area (Å²) in [6, 6.07) is 0. The summed E-state index contributed by atoms with van der Waals surface area (Å²) in [6.07, 6.45) is 2.34. The van der Waals surface area contributed by atoms with Crippen LogP contribution < -0.4 is 5.32 Å². The molecule has 0 saturated heterocycles. The second-order valence-electron chi connectivity index (χ2n) is 8.33. The smallest absolute Gasteiger partial charge is 0.410 e. The molecule has 0 radical (unpaired) electrons. The molecule has 0 aromatic rings. The first kappa shape index (κ1) is 22.5. The molecule has 152 valence electrons. The molecule has 1 rings (SSSR count). The third-order valence-corrected chi connectivity index (χ3v) is 4.09. The molecule has 1 amide bonds. The van der Waals surface area contributed by atoms with Gasteiger partial charge in [-0.3, -0.25) is 4.99 Å². The van der Waals surface area contributed by atoms with Crippen LogP contribution in [0.2, 0.25) is 0 Å². The number of carbonyl (C=O) groups excluding carboxylic acids is 1. The number of nitrogens with zero attached hydrogens (tertiary/aromatic N) is 3. The summed E-state index contributed by atoms with van der Waals surface area (Å²) in [5, 5.41) is 3.37. The molecule has 1 atom stereocenters. The van der Waals surface area contributed by atoms with Crippen molar-refractivity contribution in [1.29, 1.82) is 0 Å². The van der Waals surface area contributed by atoms with Crippen LogP contribution in [0.25, 0.3) is 0 Å². The minimum atomic E-state index is -0.473. The SMILES string of the molecule is CN=C(NCC(C)CN(C)C(=O)OC(C)(C)C)N(C)CCOCC1CC1. The molecular weight excluding hydrogens is 332 g/mol. The third-order valence-electron chi connectivity index (χ3n) is 4.09. The fourth-order valence-corrected chi connectivity index (χ4v) is 2.44. The van der Waals surface area contributed by atoms with E-state index in [0.717, 1.165) is 31.6 Å². The van der Waals surface area contributed by atoms with E-state index in [2.05, 4.69) is 22.1 Å². The number of aliphatic imine (C=N–C) groups is 1. The molecule has 1 N–H and O–H groups in total. The molecule has 1 aliphatic rings. The number of nitrogens with one attached hydrogen (secondary N) is 1. The highest BCUT2D eigenvalue weighted by Gasteiger charge is 2.22. The molecule has 0 aromatic heterocycles. The zero-order valence-electron chi connectivity index (χ0n) is 17.7. The molecule has 0 aliphatic heterocycles. The zero-order valence-corrected chi connectivity index (χ0v) is 17.7. The summed E-state index contributed by atoms with van der Waals surface area (Å²) in [7, 11) is 5.55. The number of carbonyl (C=O) groups is 1. The highest BCUT2D eigenvalue weighted by molar-refractivity contribution is 5.79. The Morgan fingerprint density at radius 3 is 2.46 bits per heavy atom. The molecule has 1 aliphatic carbocycles. The van der Waals surface area contributed by atoms with Crippen molar-refractivity contribution in [3.8, 4) is 0 Å². The van der Waals surface area contributed by atoms with Crippen LogP contribution in [0.3, 0.4) is 0 Å². The fourth-order valence-electron chi connectivity index (χ4n) is 2.44. The molecule has 7 heteroatoms. The standard InChI is InChI=1S/C19H38N4O3/c1-15(13-23(7)18(24)26-19(2,3)4)12-21-17(20-5)22(6)10-11-25-14-16-8-9-16/h15-16H,8-14H2,1-7H3,(H,20,21). The van der Waals surface area contributed by atoms with Gasteiger partial charge in [-0.25, -0.2) is 4.79 Å². The van der Waals surface area contributed by atoms with Crippen LogP contribution in [-0.4, -0.2) is 81.4 Å². The molecule has 0 aromatic carbocycles. The van der Waals surface area contributed by atoms with Crippen molar-refractivity contribution in [2.75, 3.05) is 54.0 Å². The van der Waals surface area contributed by atoms with Gasteiger partial charge in [-0.15, -0.1) is 0 Å². The minimum absolute atomic E-state index is 0.267. The number of amides is 1. The van der Waals surface area contributed by atoms with Crippen molar-refractivity contribution in [3.05, 3.63) is 0 Å². The summed E-state index contributed by atoms with van der Waals surface area (Å²) < 4.78 is 11.1. The Kier molecular flexibility index (Phi) is 9.19. The topological polar surface area (TPSA) is 66.4 Å². The van der Waals surface area contributed by atoms with Gasteiger partial charge in [0.25, 0.3) is 0 Å². The number of hydrogen-bond acceptors (Lipinski definition) is 4. The van der Waals surface area contributed by atoms with E-state index >= 15 is 0 Å². The van der Waals surface area contributed by atoms with Crippen LogP contribution in [0.1, 0.15) is 40.5 Å².